The summed E-state index contributed by atoms with van der Waals surface area (Å²) >= 11 is 3.17. The van der Waals surface area contributed by atoms with Crippen molar-refractivity contribution in [3.63, 3.8) is 0 Å². The minimum absolute atomic E-state index is 0.815. The van der Waals surface area contributed by atoms with Crippen LogP contribution >= 0.6 is 22.7 Å². The molecule has 0 aliphatic carbocycles. The second-order valence-electron chi connectivity index (χ2n) is 7.30. The molecule has 6 aromatic rings. The summed E-state index contributed by atoms with van der Waals surface area (Å²) in [4.78, 5) is 28.7. The highest BCUT2D eigenvalue weighted by atomic mass is 32.1. The van der Waals surface area contributed by atoms with Gasteiger partial charge in [-0.2, -0.15) is 0 Å². The second-order valence-corrected chi connectivity index (χ2v) is 9.19. The third-order valence-corrected chi connectivity index (χ3v) is 7.18. The van der Waals surface area contributed by atoms with E-state index in [0.717, 1.165) is 54.5 Å². The standard InChI is InChI=1S/C26H16N6S2/c1-3-11-27-19(9-1)23-17(7-5-13-29-23)21-16-33-26(32-21)25-31-15-22(34-25)18-8-6-14-30-24(18)20-10-2-4-12-28-20/h1-16H. The second kappa shape index (κ2) is 9.01. The van der Waals surface area contributed by atoms with Gasteiger partial charge in [0.2, 0.25) is 0 Å². The summed E-state index contributed by atoms with van der Waals surface area (Å²) in [5, 5.41) is 3.78. The lowest BCUT2D eigenvalue weighted by Gasteiger charge is -2.05. The molecule has 34 heavy (non-hydrogen) atoms. The van der Waals surface area contributed by atoms with E-state index in [4.69, 9.17) is 4.98 Å². The van der Waals surface area contributed by atoms with Crippen LogP contribution < -0.4 is 0 Å². The van der Waals surface area contributed by atoms with Crippen LogP contribution in [0.2, 0.25) is 0 Å². The van der Waals surface area contributed by atoms with Crippen LogP contribution in [0.1, 0.15) is 0 Å². The van der Waals surface area contributed by atoms with Gasteiger partial charge in [0, 0.05) is 47.5 Å². The minimum Gasteiger partial charge on any atom is -0.255 e. The van der Waals surface area contributed by atoms with Gasteiger partial charge in [-0.3, -0.25) is 19.9 Å². The molecule has 0 aromatic carbocycles. The summed E-state index contributed by atoms with van der Waals surface area (Å²) in [5.41, 5.74) is 6.13. The summed E-state index contributed by atoms with van der Waals surface area (Å²) in [6.45, 7) is 0. The lowest BCUT2D eigenvalue weighted by Crippen LogP contribution is -1.91. The number of aromatic nitrogens is 6. The Bertz CT molecular complexity index is 1440. The van der Waals surface area contributed by atoms with Crippen LogP contribution in [0.3, 0.4) is 0 Å². The van der Waals surface area contributed by atoms with E-state index in [2.05, 4.69) is 31.0 Å². The first kappa shape index (κ1) is 20.5. The highest BCUT2D eigenvalue weighted by molar-refractivity contribution is 7.22. The normalized spacial score (nSPS) is 10.9. The molecular formula is C26H16N6S2. The average Bonchev–Trinajstić information content (AvgIpc) is 3.60. The monoisotopic (exact) mass is 476 g/mol. The maximum Gasteiger partial charge on any atom is 0.152 e. The molecule has 6 nitrogen and oxygen atoms in total. The van der Waals surface area contributed by atoms with Crippen LogP contribution in [0, 0.1) is 0 Å². The predicted molar refractivity (Wildman–Crippen MR) is 136 cm³/mol. The molecule has 0 N–H and O–H groups in total. The summed E-state index contributed by atoms with van der Waals surface area (Å²) in [6, 6.07) is 19.6. The average molecular weight is 477 g/mol. The molecule has 0 bridgehead atoms. The smallest absolute Gasteiger partial charge is 0.152 e. The molecule has 0 fully saturated rings. The van der Waals surface area contributed by atoms with Crippen LogP contribution in [-0.2, 0) is 0 Å². The molecule has 8 heteroatoms. The zero-order valence-electron chi connectivity index (χ0n) is 17.7. The molecule has 0 aliphatic rings. The van der Waals surface area contributed by atoms with E-state index in [1.54, 1.807) is 47.5 Å². The first-order valence-corrected chi connectivity index (χ1v) is 12.2. The van der Waals surface area contributed by atoms with Gasteiger partial charge in [-0.05, 0) is 48.5 Å². The highest BCUT2D eigenvalue weighted by Crippen LogP contribution is 2.38. The zero-order chi connectivity index (χ0) is 22.7. The van der Waals surface area contributed by atoms with E-state index in [1.165, 1.54) is 0 Å². The number of thiazole rings is 2. The minimum atomic E-state index is 0.815. The molecule has 0 radical (unpaired) electrons. The van der Waals surface area contributed by atoms with E-state index in [9.17, 15) is 0 Å². The largest absolute Gasteiger partial charge is 0.255 e. The molecule has 0 atom stereocenters. The van der Waals surface area contributed by atoms with Crippen LogP contribution in [0.5, 0.6) is 0 Å². The van der Waals surface area contributed by atoms with Crippen LogP contribution in [-0.4, -0.2) is 29.9 Å². The Kier molecular flexibility index (Phi) is 5.42. The Morgan fingerprint density at radius 2 is 1.18 bits per heavy atom. The summed E-state index contributed by atoms with van der Waals surface area (Å²) in [7, 11) is 0. The Balaban J connectivity index is 1.36. The third-order valence-electron chi connectivity index (χ3n) is 5.16. The van der Waals surface area contributed by atoms with Crippen molar-refractivity contribution in [2.45, 2.75) is 0 Å². The molecule has 162 valence electrons. The lowest BCUT2D eigenvalue weighted by atomic mass is 10.1. The first-order valence-electron chi connectivity index (χ1n) is 10.5. The summed E-state index contributed by atoms with van der Waals surface area (Å²) < 4.78 is 0. The van der Waals surface area contributed by atoms with Crippen molar-refractivity contribution in [1.29, 1.82) is 0 Å². The fraction of sp³-hybridized carbons (Fsp3) is 0. The molecule has 6 heterocycles. The van der Waals surface area contributed by atoms with E-state index >= 15 is 0 Å². The Morgan fingerprint density at radius 1 is 0.529 bits per heavy atom. The molecule has 0 saturated heterocycles. The summed E-state index contributed by atoms with van der Waals surface area (Å²) in [6.07, 6.45) is 9.00. The maximum atomic E-state index is 4.90. The fourth-order valence-corrected chi connectivity index (χ4v) is 5.43. The van der Waals surface area contributed by atoms with Crippen molar-refractivity contribution in [2.24, 2.45) is 0 Å². The van der Waals surface area contributed by atoms with E-state index in [0.29, 0.717) is 0 Å². The maximum absolute atomic E-state index is 4.90. The van der Waals surface area contributed by atoms with Crippen molar-refractivity contribution < 1.29 is 0 Å². The number of nitrogens with zero attached hydrogens (tertiary/aromatic N) is 6. The zero-order valence-corrected chi connectivity index (χ0v) is 19.4. The van der Waals surface area contributed by atoms with Gasteiger partial charge in [0.1, 0.15) is 0 Å². The van der Waals surface area contributed by atoms with E-state index in [1.807, 2.05) is 66.2 Å². The van der Waals surface area contributed by atoms with Crippen LogP contribution in [0.25, 0.3) is 54.5 Å². The topological polar surface area (TPSA) is 77.3 Å². The predicted octanol–water partition coefficient (Wildman–Crippen LogP) is 6.51. The van der Waals surface area contributed by atoms with Crippen LogP contribution in [0.4, 0.5) is 0 Å². The van der Waals surface area contributed by atoms with Gasteiger partial charge < -0.3 is 0 Å². The number of hydrogen-bond acceptors (Lipinski definition) is 8. The molecule has 0 spiro atoms. The van der Waals surface area contributed by atoms with Gasteiger partial charge in [0.15, 0.2) is 10.0 Å². The van der Waals surface area contributed by atoms with E-state index in [-0.39, 0.29) is 0 Å². The quantitative estimate of drug-likeness (QED) is 0.282. The number of hydrogen-bond donors (Lipinski definition) is 0. The van der Waals surface area contributed by atoms with Crippen molar-refractivity contribution >= 4 is 22.7 Å². The Labute approximate surface area is 203 Å². The molecule has 6 rings (SSSR count). The van der Waals surface area contributed by atoms with Gasteiger partial charge in [-0.25, -0.2) is 9.97 Å². The molecule has 0 aliphatic heterocycles. The van der Waals surface area contributed by atoms with Crippen molar-refractivity contribution in [3.05, 3.63) is 97.0 Å². The van der Waals surface area contributed by atoms with Gasteiger partial charge in [0.25, 0.3) is 0 Å². The Morgan fingerprint density at radius 3 is 1.85 bits per heavy atom. The molecule has 6 aromatic heterocycles. The molecule has 0 unspecified atom stereocenters. The van der Waals surface area contributed by atoms with Gasteiger partial charge in [-0.1, -0.05) is 12.1 Å². The third kappa shape index (κ3) is 3.89. The summed E-state index contributed by atoms with van der Waals surface area (Å²) in [5.74, 6) is 0. The van der Waals surface area contributed by atoms with Crippen molar-refractivity contribution in [2.75, 3.05) is 0 Å². The van der Waals surface area contributed by atoms with Gasteiger partial charge >= 0.3 is 0 Å². The SMILES string of the molecule is c1ccc(-c2ncccc2-c2csc(-c3ncc(-c4cccnc4-c4ccccn4)s3)n2)nc1. The highest BCUT2D eigenvalue weighted by Gasteiger charge is 2.17. The first-order chi connectivity index (χ1) is 16.9. The van der Waals surface area contributed by atoms with Gasteiger partial charge in [0.05, 0.1) is 33.3 Å². The van der Waals surface area contributed by atoms with Crippen LogP contribution in [0.15, 0.2) is 97.0 Å². The lowest BCUT2D eigenvalue weighted by molar-refractivity contribution is 1.24. The molecule has 0 saturated carbocycles. The number of rotatable bonds is 5. The Hall–Kier alpha value is -4.14. The molecule has 0 amide bonds. The molecular weight excluding hydrogens is 460 g/mol. The number of pyridine rings is 4. The van der Waals surface area contributed by atoms with Crippen molar-refractivity contribution in [3.8, 4) is 54.5 Å². The van der Waals surface area contributed by atoms with E-state index < -0.39 is 0 Å². The fourth-order valence-electron chi connectivity index (χ4n) is 3.62. The van der Waals surface area contributed by atoms with Crippen molar-refractivity contribution in [1.82, 2.24) is 29.9 Å². The van der Waals surface area contributed by atoms with Gasteiger partial charge in [-0.15, -0.1) is 22.7 Å².